The molecule has 0 aliphatic carbocycles. The second-order valence-corrected chi connectivity index (χ2v) is 7.84. The molecule has 7 nitrogen and oxygen atoms in total. The molecule has 4 aromatic rings. The molecule has 0 bridgehead atoms. The summed E-state index contributed by atoms with van der Waals surface area (Å²) in [4.78, 5) is 23.8. The average molecular weight is 428 g/mol. The molecule has 162 valence electrons. The molecule has 0 amide bonds. The van der Waals surface area contributed by atoms with E-state index >= 15 is 0 Å². The maximum absolute atomic E-state index is 11.2. The molecule has 3 aromatic carbocycles. The van der Waals surface area contributed by atoms with E-state index in [4.69, 9.17) is 4.74 Å². The van der Waals surface area contributed by atoms with Crippen LogP contribution in [0.5, 0.6) is 5.75 Å². The second-order valence-electron chi connectivity index (χ2n) is 7.84. The smallest absolute Gasteiger partial charge is 0.335 e. The SMILES string of the molecule is COc1ccc(N2CCN(c3ccc(-c4nc5ccc(C(=O)O)cc5[nH]4)cc3)CC2)cc1. The molecule has 1 saturated heterocycles. The Balaban J connectivity index is 1.27. The fourth-order valence-corrected chi connectivity index (χ4v) is 4.13. The molecule has 32 heavy (non-hydrogen) atoms. The Hall–Kier alpha value is -4.00. The number of anilines is 2. The number of benzene rings is 3. The van der Waals surface area contributed by atoms with Crippen molar-refractivity contribution in [3.05, 3.63) is 72.3 Å². The number of methoxy groups -OCH3 is 1. The van der Waals surface area contributed by atoms with Gasteiger partial charge in [0.2, 0.25) is 0 Å². The van der Waals surface area contributed by atoms with Crippen LogP contribution in [-0.4, -0.2) is 54.3 Å². The molecule has 0 saturated carbocycles. The van der Waals surface area contributed by atoms with E-state index in [2.05, 4.69) is 56.2 Å². The highest BCUT2D eigenvalue weighted by Gasteiger charge is 2.18. The Labute approximate surface area is 185 Å². The van der Waals surface area contributed by atoms with E-state index < -0.39 is 5.97 Å². The molecule has 5 rings (SSSR count). The van der Waals surface area contributed by atoms with E-state index in [0.717, 1.165) is 54.3 Å². The van der Waals surface area contributed by atoms with Crippen LogP contribution in [0.2, 0.25) is 0 Å². The van der Waals surface area contributed by atoms with Gasteiger partial charge in [-0.25, -0.2) is 9.78 Å². The molecule has 0 atom stereocenters. The fraction of sp³-hybridized carbons (Fsp3) is 0.200. The highest BCUT2D eigenvalue weighted by molar-refractivity contribution is 5.93. The van der Waals surface area contributed by atoms with Crippen molar-refractivity contribution in [3.8, 4) is 17.1 Å². The molecule has 1 fully saturated rings. The minimum absolute atomic E-state index is 0.247. The maximum Gasteiger partial charge on any atom is 0.335 e. The summed E-state index contributed by atoms with van der Waals surface area (Å²) in [5.74, 6) is 0.664. The zero-order valence-corrected chi connectivity index (χ0v) is 17.8. The monoisotopic (exact) mass is 428 g/mol. The number of aromatic nitrogens is 2. The van der Waals surface area contributed by atoms with Gasteiger partial charge in [-0.2, -0.15) is 0 Å². The van der Waals surface area contributed by atoms with Crippen molar-refractivity contribution < 1.29 is 14.6 Å². The first-order chi connectivity index (χ1) is 15.6. The number of carboxylic acids is 1. The normalized spacial score (nSPS) is 14.0. The van der Waals surface area contributed by atoms with Gasteiger partial charge < -0.3 is 24.6 Å². The molecule has 1 aliphatic heterocycles. The summed E-state index contributed by atoms with van der Waals surface area (Å²) in [5, 5.41) is 9.18. The molecule has 2 N–H and O–H groups in total. The number of hydrogen-bond acceptors (Lipinski definition) is 5. The van der Waals surface area contributed by atoms with Gasteiger partial charge in [0.15, 0.2) is 0 Å². The number of ether oxygens (including phenoxy) is 1. The van der Waals surface area contributed by atoms with Crippen LogP contribution in [-0.2, 0) is 0 Å². The van der Waals surface area contributed by atoms with Gasteiger partial charge in [-0.05, 0) is 66.7 Å². The highest BCUT2D eigenvalue weighted by Crippen LogP contribution is 2.26. The number of aromatic carboxylic acids is 1. The van der Waals surface area contributed by atoms with Crippen molar-refractivity contribution in [3.63, 3.8) is 0 Å². The van der Waals surface area contributed by atoms with E-state index in [1.807, 2.05) is 12.1 Å². The quantitative estimate of drug-likeness (QED) is 0.494. The zero-order chi connectivity index (χ0) is 22.1. The Morgan fingerprint density at radius 1 is 0.906 bits per heavy atom. The summed E-state index contributed by atoms with van der Waals surface area (Å²) in [6.07, 6.45) is 0. The van der Waals surface area contributed by atoms with Crippen LogP contribution in [0.1, 0.15) is 10.4 Å². The third-order valence-corrected chi connectivity index (χ3v) is 5.95. The van der Waals surface area contributed by atoms with Gasteiger partial charge in [0, 0.05) is 43.1 Å². The van der Waals surface area contributed by atoms with E-state index in [1.165, 1.54) is 11.4 Å². The minimum atomic E-state index is -0.945. The fourth-order valence-electron chi connectivity index (χ4n) is 4.13. The van der Waals surface area contributed by atoms with Crippen molar-refractivity contribution in [2.45, 2.75) is 0 Å². The van der Waals surface area contributed by atoms with Crippen molar-refractivity contribution in [1.29, 1.82) is 0 Å². The number of H-pyrrole nitrogens is 1. The Bertz CT molecular complexity index is 1240. The van der Waals surface area contributed by atoms with Crippen molar-refractivity contribution in [2.75, 3.05) is 43.1 Å². The highest BCUT2D eigenvalue weighted by atomic mass is 16.5. The van der Waals surface area contributed by atoms with E-state index in [0.29, 0.717) is 0 Å². The molecule has 1 aromatic heterocycles. The summed E-state index contributed by atoms with van der Waals surface area (Å²) in [5.41, 5.74) is 5.10. The van der Waals surface area contributed by atoms with Crippen LogP contribution in [0.4, 0.5) is 11.4 Å². The molecule has 7 heteroatoms. The summed E-state index contributed by atoms with van der Waals surface area (Å²) in [6, 6.07) is 21.5. The molecule has 0 unspecified atom stereocenters. The zero-order valence-electron chi connectivity index (χ0n) is 17.8. The first kappa shape index (κ1) is 19.9. The van der Waals surface area contributed by atoms with E-state index in [1.54, 1.807) is 25.3 Å². The molecule has 1 aliphatic rings. The third kappa shape index (κ3) is 3.85. The lowest BCUT2D eigenvalue weighted by Crippen LogP contribution is -2.46. The summed E-state index contributed by atoms with van der Waals surface area (Å²) in [6.45, 7) is 3.83. The largest absolute Gasteiger partial charge is 0.497 e. The number of nitrogens with one attached hydrogen (secondary N) is 1. The third-order valence-electron chi connectivity index (χ3n) is 5.95. The lowest BCUT2D eigenvalue weighted by molar-refractivity contribution is 0.0697. The van der Waals surface area contributed by atoms with Crippen LogP contribution < -0.4 is 14.5 Å². The number of imidazole rings is 1. The molecular weight excluding hydrogens is 404 g/mol. The second kappa shape index (κ2) is 8.26. The number of fused-ring (bicyclic) bond motifs is 1. The molecular formula is C25H24N4O3. The van der Waals surface area contributed by atoms with Gasteiger partial charge in [-0.1, -0.05) is 0 Å². The van der Waals surface area contributed by atoms with Gasteiger partial charge in [-0.15, -0.1) is 0 Å². The standard InChI is InChI=1S/C25H24N4O3/c1-32-21-9-7-20(8-10-21)29-14-12-28(13-15-29)19-5-2-17(3-6-19)24-26-22-11-4-18(25(30)31)16-23(22)27-24/h2-11,16H,12-15H2,1H3,(H,26,27)(H,30,31). The van der Waals surface area contributed by atoms with Crippen LogP contribution in [0.3, 0.4) is 0 Å². The van der Waals surface area contributed by atoms with Gasteiger partial charge in [0.1, 0.15) is 11.6 Å². The predicted octanol–water partition coefficient (Wildman–Crippen LogP) is 4.26. The number of nitrogens with zero attached hydrogens (tertiary/aromatic N) is 3. The van der Waals surface area contributed by atoms with Gasteiger partial charge >= 0.3 is 5.97 Å². The Kier molecular flexibility index (Phi) is 5.15. The van der Waals surface area contributed by atoms with Gasteiger partial charge in [-0.3, -0.25) is 0 Å². The van der Waals surface area contributed by atoms with Crippen molar-refractivity contribution in [2.24, 2.45) is 0 Å². The van der Waals surface area contributed by atoms with Gasteiger partial charge in [0.25, 0.3) is 0 Å². The summed E-state index contributed by atoms with van der Waals surface area (Å²) >= 11 is 0. The number of carboxylic acid groups (broad SMARTS) is 1. The van der Waals surface area contributed by atoms with Gasteiger partial charge in [0.05, 0.1) is 23.7 Å². The number of rotatable bonds is 5. The molecule has 2 heterocycles. The number of aromatic amines is 1. The summed E-state index contributed by atoms with van der Waals surface area (Å²) < 4.78 is 5.25. The topological polar surface area (TPSA) is 81.7 Å². The van der Waals surface area contributed by atoms with Crippen molar-refractivity contribution in [1.82, 2.24) is 9.97 Å². The average Bonchev–Trinajstić information content (AvgIpc) is 3.28. The maximum atomic E-state index is 11.2. The predicted molar refractivity (Wildman–Crippen MR) is 126 cm³/mol. The first-order valence-corrected chi connectivity index (χ1v) is 10.6. The summed E-state index contributed by atoms with van der Waals surface area (Å²) in [7, 11) is 1.68. The van der Waals surface area contributed by atoms with Crippen LogP contribution in [0, 0.1) is 0 Å². The lowest BCUT2D eigenvalue weighted by atomic mass is 10.1. The lowest BCUT2D eigenvalue weighted by Gasteiger charge is -2.37. The number of carbonyl (C=O) groups is 1. The number of hydrogen-bond donors (Lipinski definition) is 2. The van der Waals surface area contributed by atoms with Crippen LogP contribution in [0.15, 0.2) is 66.7 Å². The van der Waals surface area contributed by atoms with E-state index in [9.17, 15) is 9.90 Å². The van der Waals surface area contributed by atoms with Crippen LogP contribution >= 0.6 is 0 Å². The molecule has 0 radical (unpaired) electrons. The Morgan fingerprint density at radius 2 is 1.50 bits per heavy atom. The first-order valence-electron chi connectivity index (χ1n) is 10.6. The minimum Gasteiger partial charge on any atom is -0.497 e. The molecule has 0 spiro atoms. The van der Waals surface area contributed by atoms with Crippen molar-refractivity contribution >= 4 is 28.4 Å². The van der Waals surface area contributed by atoms with Crippen LogP contribution in [0.25, 0.3) is 22.4 Å². The number of piperazine rings is 1. The van der Waals surface area contributed by atoms with E-state index in [-0.39, 0.29) is 5.56 Å². The Morgan fingerprint density at radius 3 is 2.06 bits per heavy atom.